The van der Waals surface area contributed by atoms with Gasteiger partial charge in [-0.2, -0.15) is 0 Å². The molecule has 4 rings (SSSR count). The van der Waals surface area contributed by atoms with E-state index in [1.807, 2.05) is 49.4 Å². The summed E-state index contributed by atoms with van der Waals surface area (Å²) in [6.07, 6.45) is 0.760. The molecule has 1 aliphatic carbocycles. The summed E-state index contributed by atoms with van der Waals surface area (Å²) < 4.78 is 23.9. The van der Waals surface area contributed by atoms with E-state index in [4.69, 9.17) is 18.6 Å². The van der Waals surface area contributed by atoms with Crippen LogP contribution in [0.25, 0.3) is 10.8 Å². The lowest BCUT2D eigenvalue weighted by molar-refractivity contribution is 0.00576. The molecule has 0 fully saturated rings. The first-order valence-corrected chi connectivity index (χ1v) is 15.6. The number of carbonyl (C=O) groups excluding carboxylic acids is 1. The minimum Gasteiger partial charge on any atom is -0.506 e. The average molecular weight is 524 g/mol. The molecule has 1 atom stereocenters. The quantitative estimate of drug-likeness (QED) is 0.148. The number of fused-ring (bicyclic) bond motifs is 2. The first-order chi connectivity index (χ1) is 17.3. The van der Waals surface area contributed by atoms with Crippen molar-refractivity contribution >= 4 is 24.9 Å². The van der Waals surface area contributed by atoms with Gasteiger partial charge in [-0.05, 0) is 53.7 Å². The van der Waals surface area contributed by atoms with Crippen molar-refractivity contribution in [3.8, 4) is 17.2 Å². The van der Waals surface area contributed by atoms with E-state index in [0.717, 1.165) is 16.5 Å². The summed E-state index contributed by atoms with van der Waals surface area (Å²) >= 11 is 0. The van der Waals surface area contributed by atoms with E-state index in [1.54, 1.807) is 13.2 Å². The number of phenols is 1. The maximum atomic E-state index is 13.4. The van der Waals surface area contributed by atoms with Gasteiger partial charge in [0.2, 0.25) is 0 Å². The summed E-state index contributed by atoms with van der Waals surface area (Å²) in [6, 6.07) is 15.3. The second-order valence-electron chi connectivity index (χ2n) is 11.7. The summed E-state index contributed by atoms with van der Waals surface area (Å²) in [5.74, 6) is 0.810. The van der Waals surface area contributed by atoms with Gasteiger partial charge in [-0.15, -0.1) is 0 Å². The lowest BCUT2D eigenvalue weighted by atomic mass is 9.79. The molecule has 3 aromatic rings. The summed E-state index contributed by atoms with van der Waals surface area (Å²) in [7, 11) is -0.532. The number of hydrogen-bond donors (Lipinski definition) is 1. The lowest BCUT2D eigenvalue weighted by Crippen LogP contribution is -2.51. The van der Waals surface area contributed by atoms with E-state index in [1.165, 1.54) is 0 Å². The third kappa shape index (κ3) is 5.69. The fourth-order valence-electron chi connectivity index (χ4n) is 4.77. The van der Waals surface area contributed by atoms with Gasteiger partial charge in [0, 0.05) is 18.9 Å². The number of ether oxygens (including phenoxy) is 3. The van der Waals surface area contributed by atoms with E-state index in [9.17, 15) is 9.90 Å². The van der Waals surface area contributed by atoms with Crippen molar-refractivity contribution in [1.82, 2.24) is 0 Å². The van der Waals surface area contributed by atoms with Crippen LogP contribution in [0.15, 0.2) is 48.5 Å². The molecule has 0 spiro atoms. The number of aromatic hydroxyl groups is 1. The molecular formula is C30H38O6Si. The molecule has 0 aliphatic heterocycles. The number of phenolic OH excluding ortho intramolecular Hbond substituents is 1. The van der Waals surface area contributed by atoms with Crippen LogP contribution < -0.4 is 9.47 Å². The second kappa shape index (κ2) is 10.1. The molecule has 0 heterocycles. The zero-order valence-electron chi connectivity index (χ0n) is 22.9. The van der Waals surface area contributed by atoms with E-state index in [0.29, 0.717) is 35.5 Å². The average Bonchev–Trinajstić information content (AvgIpc) is 2.80. The van der Waals surface area contributed by atoms with Gasteiger partial charge in [-0.3, -0.25) is 4.79 Å². The highest BCUT2D eigenvalue weighted by Crippen LogP contribution is 2.47. The Morgan fingerprint density at radius 3 is 2.41 bits per heavy atom. The molecule has 3 aromatic carbocycles. The Bertz CT molecular complexity index is 1300. The van der Waals surface area contributed by atoms with Crippen LogP contribution in [0.1, 0.15) is 55.6 Å². The van der Waals surface area contributed by atoms with Gasteiger partial charge in [0.25, 0.3) is 0 Å². The molecule has 0 aromatic heterocycles. The van der Waals surface area contributed by atoms with E-state index in [-0.39, 0.29) is 29.8 Å². The highest BCUT2D eigenvalue weighted by molar-refractivity contribution is 6.74. The van der Waals surface area contributed by atoms with Crippen molar-refractivity contribution < 1.29 is 28.5 Å². The number of methoxy groups -OCH3 is 1. The first-order valence-electron chi connectivity index (χ1n) is 12.7. The standard InChI is InChI=1S/C30H38O6Si/c1-29(2,3)37(6,7)36-30(4)16-22-13-21-14-23(33-5)15-25(27(21)28(32)26(22)24(31)17-30)35-19-34-18-20-11-9-8-10-12-20/h8-15,32H,16-19H2,1-7H3/t30-/m1/s1/i5+1. The first kappa shape index (κ1) is 27.2. The van der Waals surface area contributed by atoms with Crippen LogP contribution in [0, 0.1) is 0 Å². The molecule has 0 radical (unpaired) electrons. The molecule has 0 bridgehead atoms. The highest BCUT2D eigenvalue weighted by atomic mass is 28.4. The molecule has 37 heavy (non-hydrogen) atoms. The Morgan fingerprint density at radius 1 is 1.05 bits per heavy atom. The summed E-state index contributed by atoms with van der Waals surface area (Å²) in [4.78, 5) is 13.4. The van der Waals surface area contributed by atoms with Gasteiger partial charge in [-0.1, -0.05) is 51.1 Å². The van der Waals surface area contributed by atoms with Crippen molar-refractivity contribution in [2.75, 3.05) is 13.9 Å². The van der Waals surface area contributed by atoms with E-state index < -0.39 is 13.9 Å². The zero-order chi connectivity index (χ0) is 27.0. The van der Waals surface area contributed by atoms with Crippen LogP contribution in [0.2, 0.25) is 18.1 Å². The Labute approximate surface area is 220 Å². The zero-order valence-corrected chi connectivity index (χ0v) is 23.9. The maximum Gasteiger partial charge on any atom is 0.192 e. The normalized spacial score (nSPS) is 18.1. The smallest absolute Gasteiger partial charge is 0.192 e. The van der Waals surface area contributed by atoms with Gasteiger partial charge >= 0.3 is 0 Å². The third-order valence-corrected chi connectivity index (χ3v) is 12.2. The molecule has 0 amide bonds. The molecule has 1 N–H and O–H groups in total. The van der Waals surface area contributed by atoms with E-state index >= 15 is 0 Å². The van der Waals surface area contributed by atoms with Crippen LogP contribution in [0.5, 0.6) is 17.2 Å². The maximum absolute atomic E-state index is 13.4. The Kier molecular flexibility index (Phi) is 7.43. The van der Waals surface area contributed by atoms with Crippen LogP contribution >= 0.6 is 0 Å². The fraction of sp³-hybridized carbons (Fsp3) is 0.433. The van der Waals surface area contributed by atoms with E-state index in [2.05, 4.69) is 33.9 Å². The SMILES string of the molecule is CC(C)(C)[Si](C)(C)O[C@@]1(C)CC(=O)c2c(cc3cc(O[13CH3])cc(OCOCc4ccccc4)c3c2O)C1. The fourth-order valence-corrected chi connectivity index (χ4v) is 6.45. The van der Waals surface area contributed by atoms with Crippen molar-refractivity contribution in [2.24, 2.45) is 0 Å². The predicted octanol–water partition coefficient (Wildman–Crippen LogP) is 7.02. The number of benzene rings is 3. The van der Waals surface area contributed by atoms with Gasteiger partial charge in [0.15, 0.2) is 20.9 Å². The second-order valence-corrected chi connectivity index (χ2v) is 16.4. The predicted molar refractivity (Wildman–Crippen MR) is 148 cm³/mol. The Morgan fingerprint density at radius 2 is 1.76 bits per heavy atom. The van der Waals surface area contributed by atoms with Crippen molar-refractivity contribution in [2.45, 2.75) is 70.9 Å². The van der Waals surface area contributed by atoms with Crippen molar-refractivity contribution in [3.63, 3.8) is 0 Å². The monoisotopic (exact) mass is 523 g/mol. The number of rotatable bonds is 8. The molecule has 0 saturated heterocycles. The van der Waals surface area contributed by atoms with Crippen LogP contribution in [0.3, 0.4) is 0 Å². The minimum absolute atomic E-state index is 0.0138. The molecule has 6 nitrogen and oxygen atoms in total. The molecule has 198 valence electrons. The van der Waals surface area contributed by atoms with Gasteiger partial charge in [-0.25, -0.2) is 0 Å². The Hall–Kier alpha value is -2.87. The summed E-state index contributed by atoms with van der Waals surface area (Å²) in [5.41, 5.74) is 1.54. The topological polar surface area (TPSA) is 74.2 Å². The number of Topliss-reactive ketones (excluding diaryl/α,β-unsaturated/α-hetero) is 1. The number of carbonyl (C=O) groups is 1. The summed E-state index contributed by atoms with van der Waals surface area (Å²) in [5, 5.41) is 12.6. The third-order valence-electron chi connectivity index (χ3n) is 7.56. The van der Waals surface area contributed by atoms with Crippen molar-refractivity contribution in [3.05, 3.63) is 65.2 Å². The number of ketones is 1. The van der Waals surface area contributed by atoms with Crippen LogP contribution in [-0.2, 0) is 22.2 Å². The molecule has 1 aliphatic rings. The van der Waals surface area contributed by atoms with Crippen LogP contribution in [-0.4, -0.2) is 38.7 Å². The van der Waals surface area contributed by atoms with Gasteiger partial charge < -0.3 is 23.7 Å². The van der Waals surface area contributed by atoms with Crippen molar-refractivity contribution in [1.29, 1.82) is 0 Å². The summed E-state index contributed by atoms with van der Waals surface area (Å²) in [6.45, 7) is 13.4. The van der Waals surface area contributed by atoms with Gasteiger partial charge in [0.1, 0.15) is 17.2 Å². The number of hydrogen-bond acceptors (Lipinski definition) is 6. The molecule has 0 saturated carbocycles. The largest absolute Gasteiger partial charge is 0.506 e. The minimum atomic E-state index is -2.12. The Balaban J connectivity index is 1.66. The highest BCUT2D eigenvalue weighted by Gasteiger charge is 2.46. The van der Waals surface area contributed by atoms with Gasteiger partial charge in [0.05, 0.1) is 30.3 Å². The lowest BCUT2D eigenvalue weighted by Gasteiger charge is -2.45. The molecule has 7 heteroatoms. The van der Waals surface area contributed by atoms with Crippen LogP contribution in [0.4, 0.5) is 0 Å². The molecular weight excluding hydrogens is 485 g/mol. The molecule has 0 unspecified atom stereocenters.